The molecule has 2 aromatic carbocycles. The highest BCUT2D eigenvalue weighted by molar-refractivity contribution is 9.10. The molecule has 0 unspecified atom stereocenters. The van der Waals surface area contributed by atoms with Crippen LogP contribution in [0.5, 0.6) is 0 Å². The van der Waals surface area contributed by atoms with E-state index in [9.17, 15) is 9.90 Å². The Morgan fingerprint density at radius 3 is 2.52 bits per heavy atom. The molecule has 2 aromatic heterocycles. The fourth-order valence-electron chi connectivity index (χ4n) is 2.96. The van der Waals surface area contributed by atoms with Crippen molar-refractivity contribution in [1.29, 1.82) is 0 Å². The lowest BCUT2D eigenvalue weighted by molar-refractivity contribution is 0.0699. The fraction of sp³-hybridized carbons (Fsp3) is 0. The standard InChI is InChI=1S/C22H12BrCl2NO3/c23-12-4-8-19-15(10-12)16(22(27)28)11-13(26-19)5-6-14-7-9-20(29-14)21-17(24)2-1-3-18(21)25/h1-11H,(H,27,28)/b6-5+. The van der Waals surface area contributed by atoms with Gasteiger partial charge in [0.15, 0.2) is 0 Å². The lowest BCUT2D eigenvalue weighted by atomic mass is 10.1. The van der Waals surface area contributed by atoms with Crippen molar-refractivity contribution in [2.45, 2.75) is 0 Å². The van der Waals surface area contributed by atoms with E-state index in [4.69, 9.17) is 27.6 Å². The average molecular weight is 489 g/mol. The van der Waals surface area contributed by atoms with E-state index in [-0.39, 0.29) is 5.56 Å². The third-order valence-corrected chi connectivity index (χ3v) is 5.40. The molecule has 0 aliphatic rings. The van der Waals surface area contributed by atoms with Gasteiger partial charge in [0.05, 0.1) is 32.4 Å². The minimum absolute atomic E-state index is 0.180. The second-order valence-electron chi connectivity index (χ2n) is 6.19. The first-order valence-electron chi connectivity index (χ1n) is 8.48. The van der Waals surface area contributed by atoms with E-state index in [0.717, 1.165) is 4.47 Å². The molecule has 0 fully saturated rings. The number of carboxylic acid groups (broad SMARTS) is 1. The van der Waals surface area contributed by atoms with Crippen LogP contribution in [0.1, 0.15) is 21.8 Å². The number of carboxylic acids is 1. The Bertz CT molecular complexity index is 1260. The first kappa shape index (κ1) is 19.7. The summed E-state index contributed by atoms with van der Waals surface area (Å²) in [5, 5.41) is 11.1. The molecule has 4 rings (SSSR count). The first-order valence-corrected chi connectivity index (χ1v) is 10.0. The van der Waals surface area contributed by atoms with Gasteiger partial charge >= 0.3 is 5.97 Å². The van der Waals surface area contributed by atoms with Crippen LogP contribution < -0.4 is 0 Å². The Labute approximate surface area is 184 Å². The van der Waals surface area contributed by atoms with Crippen LogP contribution in [-0.2, 0) is 0 Å². The second-order valence-corrected chi connectivity index (χ2v) is 7.92. The van der Waals surface area contributed by atoms with Crippen LogP contribution in [0.25, 0.3) is 34.4 Å². The quantitative estimate of drug-likeness (QED) is 0.324. The molecule has 29 heavy (non-hydrogen) atoms. The second kappa shape index (κ2) is 8.03. The third-order valence-electron chi connectivity index (χ3n) is 4.28. The minimum Gasteiger partial charge on any atom is -0.478 e. The van der Waals surface area contributed by atoms with Gasteiger partial charge in [-0.15, -0.1) is 0 Å². The van der Waals surface area contributed by atoms with E-state index >= 15 is 0 Å². The molecule has 2 heterocycles. The Morgan fingerprint density at radius 2 is 1.79 bits per heavy atom. The van der Waals surface area contributed by atoms with Gasteiger partial charge in [-0.05, 0) is 60.7 Å². The van der Waals surface area contributed by atoms with Crippen molar-refractivity contribution < 1.29 is 14.3 Å². The van der Waals surface area contributed by atoms with Gasteiger partial charge in [0, 0.05) is 9.86 Å². The maximum Gasteiger partial charge on any atom is 0.336 e. The molecule has 0 bridgehead atoms. The van der Waals surface area contributed by atoms with E-state index in [1.54, 1.807) is 54.6 Å². The molecule has 0 amide bonds. The lowest BCUT2D eigenvalue weighted by Crippen LogP contribution is -2.00. The highest BCUT2D eigenvalue weighted by Crippen LogP contribution is 2.35. The maximum absolute atomic E-state index is 11.7. The molecule has 144 valence electrons. The molecule has 7 heteroatoms. The number of hydrogen-bond donors (Lipinski definition) is 1. The predicted molar refractivity (Wildman–Crippen MR) is 119 cm³/mol. The maximum atomic E-state index is 11.7. The van der Waals surface area contributed by atoms with Crippen molar-refractivity contribution in [3.8, 4) is 11.3 Å². The summed E-state index contributed by atoms with van der Waals surface area (Å²) in [5.41, 5.74) is 1.90. The summed E-state index contributed by atoms with van der Waals surface area (Å²) >= 11 is 15.8. The molecule has 0 aliphatic carbocycles. The summed E-state index contributed by atoms with van der Waals surface area (Å²) in [6.45, 7) is 0. The van der Waals surface area contributed by atoms with E-state index in [2.05, 4.69) is 20.9 Å². The Kier molecular flexibility index (Phi) is 5.46. The number of aromatic nitrogens is 1. The van der Waals surface area contributed by atoms with Gasteiger partial charge in [0.1, 0.15) is 11.5 Å². The molecule has 0 spiro atoms. The third kappa shape index (κ3) is 4.08. The summed E-state index contributed by atoms with van der Waals surface area (Å²) in [6.07, 6.45) is 3.41. The first-order chi connectivity index (χ1) is 13.9. The fourth-order valence-corrected chi connectivity index (χ4v) is 3.90. The Morgan fingerprint density at radius 1 is 1.03 bits per heavy atom. The van der Waals surface area contributed by atoms with Crippen LogP contribution in [0.15, 0.2) is 63.5 Å². The number of pyridine rings is 1. The van der Waals surface area contributed by atoms with Crippen molar-refractivity contribution >= 4 is 68.2 Å². The number of nitrogens with zero attached hydrogens (tertiary/aromatic N) is 1. The van der Waals surface area contributed by atoms with Crippen LogP contribution in [0, 0.1) is 0 Å². The molecule has 0 saturated heterocycles. The largest absolute Gasteiger partial charge is 0.478 e. The molecular formula is C22H12BrCl2NO3. The zero-order valence-corrected chi connectivity index (χ0v) is 17.8. The summed E-state index contributed by atoms with van der Waals surface area (Å²) in [4.78, 5) is 16.2. The zero-order chi connectivity index (χ0) is 20.5. The zero-order valence-electron chi connectivity index (χ0n) is 14.7. The Balaban J connectivity index is 1.70. The van der Waals surface area contributed by atoms with Crippen molar-refractivity contribution in [3.63, 3.8) is 0 Å². The number of aromatic carboxylic acids is 1. The molecule has 0 saturated carbocycles. The van der Waals surface area contributed by atoms with E-state index in [1.165, 1.54) is 6.07 Å². The number of rotatable bonds is 4. The molecular weight excluding hydrogens is 477 g/mol. The van der Waals surface area contributed by atoms with E-state index in [0.29, 0.717) is 43.7 Å². The van der Waals surface area contributed by atoms with Crippen molar-refractivity contribution in [3.05, 3.63) is 86.1 Å². The van der Waals surface area contributed by atoms with E-state index in [1.807, 2.05) is 6.07 Å². The monoisotopic (exact) mass is 487 g/mol. The molecule has 0 radical (unpaired) electrons. The smallest absolute Gasteiger partial charge is 0.336 e. The predicted octanol–water partition coefficient (Wildman–Crippen LogP) is 7.43. The summed E-state index contributed by atoms with van der Waals surface area (Å²) in [5.74, 6) is 0.0900. The highest BCUT2D eigenvalue weighted by atomic mass is 79.9. The van der Waals surface area contributed by atoms with Crippen molar-refractivity contribution in [2.24, 2.45) is 0 Å². The number of halogens is 3. The number of hydrogen-bond acceptors (Lipinski definition) is 3. The SMILES string of the molecule is O=C(O)c1cc(/C=C/c2ccc(-c3c(Cl)cccc3Cl)o2)nc2ccc(Br)cc12. The summed E-state index contributed by atoms with van der Waals surface area (Å²) in [7, 11) is 0. The molecule has 0 aliphatic heterocycles. The average Bonchev–Trinajstić information content (AvgIpc) is 3.14. The number of furan rings is 1. The van der Waals surface area contributed by atoms with Gasteiger partial charge in [-0.3, -0.25) is 0 Å². The molecule has 4 nitrogen and oxygen atoms in total. The minimum atomic E-state index is -1.02. The number of benzene rings is 2. The molecule has 4 aromatic rings. The van der Waals surface area contributed by atoms with Gasteiger partial charge in [0.2, 0.25) is 0 Å². The molecule has 1 N–H and O–H groups in total. The van der Waals surface area contributed by atoms with Gasteiger partial charge in [-0.1, -0.05) is 45.2 Å². The van der Waals surface area contributed by atoms with Crippen LogP contribution in [0.4, 0.5) is 0 Å². The topological polar surface area (TPSA) is 63.3 Å². The summed E-state index contributed by atoms with van der Waals surface area (Å²) < 4.78 is 6.62. The van der Waals surface area contributed by atoms with Gasteiger partial charge in [-0.25, -0.2) is 9.78 Å². The molecule has 0 atom stereocenters. The van der Waals surface area contributed by atoms with Crippen LogP contribution in [0.2, 0.25) is 10.0 Å². The van der Waals surface area contributed by atoms with Crippen LogP contribution >= 0.6 is 39.1 Å². The van der Waals surface area contributed by atoms with Crippen molar-refractivity contribution in [2.75, 3.05) is 0 Å². The van der Waals surface area contributed by atoms with Gasteiger partial charge in [0.25, 0.3) is 0 Å². The highest BCUT2D eigenvalue weighted by Gasteiger charge is 2.13. The Hall–Kier alpha value is -2.60. The van der Waals surface area contributed by atoms with Gasteiger partial charge in [-0.2, -0.15) is 0 Å². The number of fused-ring (bicyclic) bond motifs is 1. The summed E-state index contributed by atoms with van der Waals surface area (Å²) in [6, 6.07) is 15.7. The normalized spacial score (nSPS) is 11.4. The number of carbonyl (C=O) groups is 1. The van der Waals surface area contributed by atoms with Crippen LogP contribution in [-0.4, -0.2) is 16.1 Å². The van der Waals surface area contributed by atoms with Crippen molar-refractivity contribution in [1.82, 2.24) is 4.98 Å². The van der Waals surface area contributed by atoms with Gasteiger partial charge < -0.3 is 9.52 Å². The lowest BCUT2D eigenvalue weighted by Gasteiger charge is -2.05. The van der Waals surface area contributed by atoms with E-state index < -0.39 is 5.97 Å². The van der Waals surface area contributed by atoms with Crippen LogP contribution in [0.3, 0.4) is 0 Å².